The van der Waals surface area contributed by atoms with Gasteiger partial charge >= 0.3 is 0 Å². The van der Waals surface area contributed by atoms with Gasteiger partial charge in [-0.1, -0.05) is 40.2 Å². The first kappa shape index (κ1) is 14.3. The smallest absolute Gasteiger partial charge is 0.0566 e. The largest absolute Gasteiger partial charge is 0.320 e. The van der Waals surface area contributed by atoms with E-state index in [-0.39, 0.29) is 6.04 Å². The molecule has 2 aromatic carbocycles. The maximum Gasteiger partial charge on any atom is 0.0566 e. The van der Waals surface area contributed by atoms with Gasteiger partial charge in [-0.25, -0.2) is 0 Å². The number of benzene rings is 2. The number of aryl methyl sites for hydroxylation is 1. The summed E-state index contributed by atoms with van der Waals surface area (Å²) in [6.45, 7) is 2.09. The summed E-state index contributed by atoms with van der Waals surface area (Å²) in [6, 6.07) is 12.5. The molecule has 0 spiro atoms. The minimum absolute atomic E-state index is 0.0927. The van der Waals surface area contributed by atoms with Crippen molar-refractivity contribution in [2.45, 2.75) is 13.0 Å². The molecule has 0 saturated carbocycles. The van der Waals surface area contributed by atoms with Gasteiger partial charge in [0.25, 0.3) is 0 Å². The van der Waals surface area contributed by atoms with Gasteiger partial charge in [0, 0.05) is 13.6 Å². The van der Waals surface area contributed by atoms with Crippen LogP contribution in [-0.4, -0.2) is 0 Å². The average Bonchev–Trinajstić information content (AvgIpc) is 2.86. The maximum absolute atomic E-state index is 6.47. The topological polar surface area (TPSA) is 26.0 Å². The molecule has 1 aromatic heterocycles. The van der Waals surface area contributed by atoms with Gasteiger partial charge in [0.15, 0.2) is 0 Å². The van der Waals surface area contributed by atoms with Gasteiger partial charge < -0.3 is 5.73 Å². The molecule has 2 N–H and O–H groups in total. The molecule has 3 aromatic rings. The van der Waals surface area contributed by atoms with E-state index in [9.17, 15) is 0 Å². The number of nitrogens with two attached hydrogens (primary N) is 1. The molecule has 0 aliphatic heterocycles. The van der Waals surface area contributed by atoms with E-state index in [0.717, 1.165) is 14.5 Å². The fraction of sp³-hybridized carbons (Fsp3) is 0.125. The molecule has 1 unspecified atom stereocenters. The van der Waals surface area contributed by atoms with Crippen LogP contribution < -0.4 is 5.73 Å². The summed E-state index contributed by atoms with van der Waals surface area (Å²) in [6.07, 6.45) is 0. The van der Waals surface area contributed by atoms with Gasteiger partial charge in [0.05, 0.1) is 6.04 Å². The lowest BCUT2D eigenvalue weighted by atomic mass is 9.98. The first-order valence-corrected chi connectivity index (χ1v) is 8.71. The molecule has 1 atom stereocenters. The number of hydrogen-bond acceptors (Lipinski definition) is 2. The second-order valence-corrected chi connectivity index (χ2v) is 7.38. The van der Waals surface area contributed by atoms with E-state index in [1.807, 2.05) is 0 Å². The van der Waals surface area contributed by atoms with Crippen LogP contribution in [0.3, 0.4) is 0 Å². The molecule has 0 fully saturated rings. The van der Waals surface area contributed by atoms with Crippen molar-refractivity contribution >= 4 is 53.3 Å². The highest BCUT2D eigenvalue weighted by Gasteiger charge is 2.15. The van der Waals surface area contributed by atoms with Crippen LogP contribution in [0.5, 0.6) is 0 Å². The van der Waals surface area contributed by atoms with E-state index < -0.39 is 0 Å². The third-order valence-corrected chi connectivity index (χ3v) is 6.32. The molecule has 1 nitrogen and oxygen atoms in total. The molecular weight excluding hydrogens is 398 g/mol. The van der Waals surface area contributed by atoms with Crippen LogP contribution in [0.4, 0.5) is 0 Å². The molecule has 0 amide bonds. The van der Waals surface area contributed by atoms with Gasteiger partial charge in [-0.15, -0.1) is 11.3 Å². The molecule has 0 saturated heterocycles. The summed E-state index contributed by atoms with van der Waals surface area (Å²) in [5.74, 6) is 0. The Balaban J connectivity index is 2.10. The van der Waals surface area contributed by atoms with Crippen LogP contribution >= 0.6 is 43.2 Å². The van der Waals surface area contributed by atoms with Crippen molar-refractivity contribution < 1.29 is 0 Å². The Labute approximate surface area is 139 Å². The Kier molecular flexibility index (Phi) is 4.00. The zero-order valence-corrected chi connectivity index (χ0v) is 14.8. The van der Waals surface area contributed by atoms with Gasteiger partial charge in [-0.2, -0.15) is 0 Å². The quantitative estimate of drug-likeness (QED) is 0.568. The summed E-state index contributed by atoms with van der Waals surface area (Å²) in [4.78, 5) is 0. The van der Waals surface area contributed by atoms with Crippen LogP contribution in [0.25, 0.3) is 10.1 Å². The number of thiophene rings is 1. The zero-order valence-electron chi connectivity index (χ0n) is 10.9. The lowest BCUT2D eigenvalue weighted by molar-refractivity contribution is 0.882. The molecule has 0 bridgehead atoms. The third-order valence-electron chi connectivity index (χ3n) is 3.46. The SMILES string of the molecule is Cc1cc(C(N)c2csc3c(Br)cccc23)ccc1Br. The number of halogens is 2. The first-order valence-electron chi connectivity index (χ1n) is 6.25. The van der Waals surface area contributed by atoms with E-state index in [1.165, 1.54) is 21.2 Å². The van der Waals surface area contributed by atoms with Crippen molar-refractivity contribution in [3.63, 3.8) is 0 Å². The van der Waals surface area contributed by atoms with Crippen molar-refractivity contribution in [2.24, 2.45) is 5.73 Å². The van der Waals surface area contributed by atoms with Crippen molar-refractivity contribution in [1.82, 2.24) is 0 Å². The fourth-order valence-electron chi connectivity index (χ4n) is 2.32. The van der Waals surface area contributed by atoms with Crippen molar-refractivity contribution in [2.75, 3.05) is 0 Å². The second-order valence-electron chi connectivity index (χ2n) is 4.79. The minimum atomic E-state index is -0.0927. The Morgan fingerprint density at radius 1 is 1.10 bits per heavy atom. The predicted molar refractivity (Wildman–Crippen MR) is 94.4 cm³/mol. The minimum Gasteiger partial charge on any atom is -0.320 e. The Hall–Kier alpha value is -0.680. The zero-order chi connectivity index (χ0) is 14.3. The average molecular weight is 411 g/mol. The predicted octanol–water partition coefficient (Wildman–Crippen LogP) is 5.78. The van der Waals surface area contributed by atoms with Gasteiger partial charge in [0.1, 0.15) is 0 Å². The van der Waals surface area contributed by atoms with E-state index in [0.29, 0.717) is 0 Å². The lowest BCUT2D eigenvalue weighted by Gasteiger charge is -2.13. The van der Waals surface area contributed by atoms with Gasteiger partial charge in [-0.05, 0) is 62.4 Å². The summed E-state index contributed by atoms with van der Waals surface area (Å²) >= 11 is 8.87. The lowest BCUT2D eigenvalue weighted by Crippen LogP contribution is -2.11. The van der Waals surface area contributed by atoms with E-state index >= 15 is 0 Å². The second kappa shape index (κ2) is 5.60. The molecular formula is C16H13Br2NS. The summed E-state index contributed by atoms with van der Waals surface area (Å²) in [7, 11) is 0. The third kappa shape index (κ3) is 2.46. The molecule has 3 rings (SSSR count). The normalized spacial score (nSPS) is 12.8. The van der Waals surface area contributed by atoms with E-state index in [1.54, 1.807) is 11.3 Å². The maximum atomic E-state index is 6.47. The Morgan fingerprint density at radius 3 is 2.65 bits per heavy atom. The molecule has 0 aliphatic carbocycles. The molecule has 102 valence electrons. The highest BCUT2D eigenvalue weighted by atomic mass is 79.9. The van der Waals surface area contributed by atoms with Crippen LogP contribution in [-0.2, 0) is 0 Å². The standard InChI is InChI=1S/C16H13Br2NS/c1-9-7-10(5-6-13(9)17)15(19)12-8-20-16-11(12)3-2-4-14(16)18/h2-8,15H,19H2,1H3. The Bertz CT molecular complexity index is 779. The monoisotopic (exact) mass is 409 g/mol. The highest BCUT2D eigenvalue weighted by molar-refractivity contribution is 9.11. The van der Waals surface area contributed by atoms with Crippen LogP contribution in [0.2, 0.25) is 0 Å². The molecule has 1 heterocycles. The Morgan fingerprint density at radius 2 is 1.90 bits per heavy atom. The summed E-state index contributed by atoms with van der Waals surface area (Å²) < 4.78 is 3.50. The fourth-order valence-corrected chi connectivity index (χ4v) is 4.23. The highest BCUT2D eigenvalue weighted by Crippen LogP contribution is 2.36. The van der Waals surface area contributed by atoms with Crippen molar-refractivity contribution in [1.29, 1.82) is 0 Å². The van der Waals surface area contributed by atoms with E-state index in [4.69, 9.17) is 5.73 Å². The van der Waals surface area contributed by atoms with Gasteiger partial charge in [0.2, 0.25) is 0 Å². The number of rotatable bonds is 2. The molecule has 20 heavy (non-hydrogen) atoms. The molecule has 0 aliphatic rings. The van der Waals surface area contributed by atoms with Crippen molar-refractivity contribution in [3.05, 3.63) is 67.4 Å². The molecule has 4 heteroatoms. The van der Waals surface area contributed by atoms with Crippen LogP contribution in [0, 0.1) is 6.92 Å². The summed E-state index contributed by atoms with van der Waals surface area (Å²) in [5.41, 5.74) is 10.0. The van der Waals surface area contributed by atoms with Gasteiger partial charge in [-0.3, -0.25) is 0 Å². The van der Waals surface area contributed by atoms with Crippen LogP contribution in [0.1, 0.15) is 22.7 Å². The number of hydrogen-bond donors (Lipinski definition) is 1. The summed E-state index contributed by atoms with van der Waals surface area (Å²) in [5, 5.41) is 3.40. The molecule has 0 radical (unpaired) electrons. The first-order chi connectivity index (χ1) is 9.58. The van der Waals surface area contributed by atoms with Crippen LogP contribution in [0.15, 0.2) is 50.7 Å². The van der Waals surface area contributed by atoms with Crippen molar-refractivity contribution in [3.8, 4) is 0 Å². The van der Waals surface area contributed by atoms with E-state index in [2.05, 4.69) is 80.6 Å². The number of fused-ring (bicyclic) bond motifs is 1.